The lowest BCUT2D eigenvalue weighted by atomic mass is 10.0. The first-order valence-corrected chi connectivity index (χ1v) is 20.8. The maximum absolute atomic E-state index is 3.27. The van der Waals surface area contributed by atoms with Crippen LogP contribution in [0.25, 0.3) is 0 Å². The molecule has 0 heterocycles. The summed E-state index contributed by atoms with van der Waals surface area (Å²) in [6.45, 7) is 23.9. The fourth-order valence-corrected chi connectivity index (χ4v) is 17.3. The molecule has 0 fully saturated rings. The van der Waals surface area contributed by atoms with Gasteiger partial charge in [0, 0.05) is 119 Å². The molecule has 284 valence electrons. The lowest BCUT2D eigenvalue weighted by Crippen LogP contribution is -2.73. The van der Waals surface area contributed by atoms with Crippen LogP contribution in [0.1, 0.15) is 61.1 Å². The Hall–Kier alpha value is -3.84. The molecule has 1 unspecified atom stereocenters. The van der Waals surface area contributed by atoms with Crippen LogP contribution in [0.4, 0.5) is 34.1 Å². The topological polar surface area (TPSA) is 19.4 Å². The maximum Gasteiger partial charge on any atom is 0.184 e. The number of allylic oxidation sites excluding steroid dienone is 4. The first kappa shape index (κ1) is 40.9. The normalized spacial score (nSPS) is 14.8. The summed E-state index contributed by atoms with van der Waals surface area (Å²) in [4.78, 5) is 14.1. The number of hydrogen-bond acceptors (Lipinski definition) is 6. The van der Waals surface area contributed by atoms with Crippen molar-refractivity contribution in [3.05, 3.63) is 73.5 Å². The quantitative estimate of drug-likeness (QED) is 0.161. The fourth-order valence-electron chi connectivity index (χ4n) is 9.88. The Labute approximate surface area is 319 Å². The van der Waals surface area contributed by atoms with Crippen LogP contribution in [-0.2, 0) is 0 Å². The van der Waals surface area contributed by atoms with Gasteiger partial charge in [-0.1, -0.05) is 23.3 Å². The van der Waals surface area contributed by atoms with Gasteiger partial charge < -0.3 is 29.4 Å². The highest BCUT2D eigenvalue weighted by Crippen LogP contribution is 2.47. The van der Waals surface area contributed by atoms with Crippen LogP contribution in [-0.4, -0.2) is 92.6 Å². The SMILES string of the molecule is CC1=C(C)C(C)C([Si](c2c(C)cc(N(C)C)c(C)c2N(C)C)(c2c(C)cc(N(C)C)c(C)c2N(C)C)c2c(C)cc(N(C)C)c(C)c2N(C)C)=C1C. The van der Waals surface area contributed by atoms with Crippen molar-refractivity contribution in [3.8, 4) is 0 Å². The highest BCUT2D eigenvalue weighted by atomic mass is 28.3. The molecule has 0 aliphatic heterocycles. The molecule has 3 aromatic rings. The fraction of sp³-hybridized carbons (Fsp3) is 0.511. The van der Waals surface area contributed by atoms with Crippen molar-refractivity contribution in [3.63, 3.8) is 0 Å². The summed E-state index contributed by atoms with van der Waals surface area (Å²) in [6.07, 6.45) is 0. The van der Waals surface area contributed by atoms with Gasteiger partial charge in [-0.2, -0.15) is 0 Å². The summed E-state index contributed by atoms with van der Waals surface area (Å²) in [6, 6.07) is 7.46. The van der Waals surface area contributed by atoms with E-state index in [4.69, 9.17) is 0 Å². The minimum absolute atomic E-state index is 0.279. The average molecular weight is 723 g/mol. The molecule has 1 aliphatic carbocycles. The molecule has 0 aromatic heterocycles. The molecule has 0 N–H and O–H groups in total. The van der Waals surface area contributed by atoms with E-state index in [9.17, 15) is 0 Å². The molecule has 0 spiro atoms. The van der Waals surface area contributed by atoms with Crippen LogP contribution in [0.2, 0.25) is 0 Å². The van der Waals surface area contributed by atoms with Gasteiger partial charge in [0.15, 0.2) is 8.07 Å². The lowest BCUT2D eigenvalue weighted by molar-refractivity contribution is 0.851. The van der Waals surface area contributed by atoms with Gasteiger partial charge in [-0.3, -0.25) is 0 Å². The molecular weight excluding hydrogens is 653 g/mol. The van der Waals surface area contributed by atoms with E-state index < -0.39 is 8.07 Å². The first-order valence-electron chi connectivity index (χ1n) is 18.8. The van der Waals surface area contributed by atoms with Crippen LogP contribution in [0.3, 0.4) is 0 Å². The van der Waals surface area contributed by atoms with Gasteiger partial charge in [-0.05, 0) is 141 Å². The Morgan fingerprint density at radius 3 is 0.865 bits per heavy atom. The summed E-state index contributed by atoms with van der Waals surface area (Å²) in [5, 5.41) is 6.15. The predicted octanol–water partition coefficient (Wildman–Crippen LogP) is 7.25. The van der Waals surface area contributed by atoms with Crippen LogP contribution in [0.5, 0.6) is 0 Å². The largest absolute Gasteiger partial charge is 0.377 e. The Morgan fingerprint density at radius 2 is 0.673 bits per heavy atom. The molecule has 4 rings (SSSR count). The third-order valence-electron chi connectivity index (χ3n) is 12.1. The number of benzene rings is 3. The highest BCUT2D eigenvalue weighted by Gasteiger charge is 2.55. The van der Waals surface area contributed by atoms with Gasteiger partial charge in [0.25, 0.3) is 0 Å². The van der Waals surface area contributed by atoms with Gasteiger partial charge in [-0.15, -0.1) is 0 Å². The minimum atomic E-state index is -3.27. The number of rotatable bonds is 10. The van der Waals surface area contributed by atoms with Crippen molar-refractivity contribution in [2.45, 2.75) is 69.2 Å². The van der Waals surface area contributed by atoms with Crippen molar-refractivity contribution >= 4 is 57.8 Å². The van der Waals surface area contributed by atoms with Crippen LogP contribution >= 0.6 is 0 Å². The second-order valence-corrected chi connectivity index (χ2v) is 20.4. The second-order valence-electron chi connectivity index (χ2n) is 16.9. The smallest absolute Gasteiger partial charge is 0.184 e. The molecule has 0 amide bonds. The van der Waals surface area contributed by atoms with Gasteiger partial charge in [0.05, 0.1) is 0 Å². The Balaban J connectivity index is 2.67. The lowest BCUT2D eigenvalue weighted by Gasteiger charge is -2.47. The first-order chi connectivity index (χ1) is 24.0. The number of anilines is 6. The van der Waals surface area contributed by atoms with E-state index >= 15 is 0 Å². The molecule has 1 atom stereocenters. The molecule has 0 bridgehead atoms. The zero-order valence-electron chi connectivity index (χ0n) is 37.0. The summed E-state index contributed by atoms with van der Waals surface area (Å²) in [5.41, 5.74) is 20.3. The predicted molar refractivity (Wildman–Crippen MR) is 239 cm³/mol. The van der Waals surface area contributed by atoms with Crippen LogP contribution in [0, 0.1) is 47.5 Å². The van der Waals surface area contributed by atoms with Crippen LogP contribution < -0.4 is 45.0 Å². The third kappa shape index (κ3) is 6.11. The second kappa shape index (κ2) is 14.5. The van der Waals surface area contributed by atoms with E-state index in [0.29, 0.717) is 0 Å². The summed E-state index contributed by atoms with van der Waals surface area (Å²) < 4.78 is 0. The average Bonchev–Trinajstić information content (AvgIpc) is 3.22. The Bertz CT molecular complexity index is 1780. The molecule has 0 saturated carbocycles. The highest BCUT2D eigenvalue weighted by molar-refractivity contribution is 7.19. The molecule has 0 saturated heterocycles. The molecule has 1 aliphatic rings. The van der Waals surface area contributed by atoms with E-state index in [1.54, 1.807) is 5.20 Å². The van der Waals surface area contributed by atoms with E-state index in [2.05, 4.69) is 201 Å². The zero-order valence-corrected chi connectivity index (χ0v) is 38.0. The summed E-state index contributed by atoms with van der Waals surface area (Å²) >= 11 is 0. The minimum Gasteiger partial charge on any atom is -0.377 e. The maximum atomic E-state index is 2.50. The van der Waals surface area contributed by atoms with Crippen LogP contribution in [0.15, 0.2) is 40.1 Å². The van der Waals surface area contributed by atoms with Crippen molar-refractivity contribution in [2.24, 2.45) is 5.92 Å². The molecule has 3 aromatic carbocycles. The van der Waals surface area contributed by atoms with Crippen molar-refractivity contribution in [1.82, 2.24) is 0 Å². The standard InChI is InChI=1S/C45H70N6Si/c1-26-23-36(46(11)12)33(8)39(49(17)18)42(26)52(45-31(6)29(4)30(5)32(45)7,43-27(2)24-37(47(13)14)34(9)40(43)50(19)20)44-28(3)25-38(48(15)16)35(10)41(44)51(21)22/h23-25,31H,1-22H3. The van der Waals surface area contributed by atoms with Crippen molar-refractivity contribution < 1.29 is 0 Å². The number of hydrogen-bond donors (Lipinski definition) is 0. The van der Waals surface area contributed by atoms with E-state index in [1.165, 1.54) is 99.8 Å². The van der Waals surface area contributed by atoms with Gasteiger partial charge in [0.1, 0.15) is 0 Å². The summed E-state index contributed by atoms with van der Waals surface area (Å²) in [5.74, 6) is 0.279. The van der Waals surface area contributed by atoms with Gasteiger partial charge >= 0.3 is 0 Å². The van der Waals surface area contributed by atoms with Gasteiger partial charge in [0.2, 0.25) is 0 Å². The van der Waals surface area contributed by atoms with E-state index in [1.807, 2.05) is 0 Å². The molecule has 0 radical (unpaired) electrons. The Kier molecular flexibility index (Phi) is 11.4. The molecular formula is C45H70N6Si. The van der Waals surface area contributed by atoms with Gasteiger partial charge in [-0.25, -0.2) is 0 Å². The molecule has 6 nitrogen and oxygen atoms in total. The summed E-state index contributed by atoms with van der Waals surface area (Å²) in [7, 11) is 23.4. The van der Waals surface area contributed by atoms with Crippen molar-refractivity contribution in [1.29, 1.82) is 0 Å². The molecule has 7 heteroatoms. The monoisotopic (exact) mass is 723 g/mol. The molecule has 52 heavy (non-hydrogen) atoms. The van der Waals surface area contributed by atoms with E-state index in [-0.39, 0.29) is 5.92 Å². The van der Waals surface area contributed by atoms with E-state index in [0.717, 1.165) is 0 Å². The number of aryl methyl sites for hydroxylation is 3. The third-order valence-corrected chi connectivity index (χ3v) is 17.9. The number of nitrogens with zero attached hydrogens (tertiary/aromatic N) is 6. The van der Waals surface area contributed by atoms with Crippen molar-refractivity contribution in [2.75, 3.05) is 114 Å². The zero-order chi connectivity index (χ0) is 39.6. The Morgan fingerprint density at radius 1 is 0.404 bits per heavy atom.